The molecule has 0 spiro atoms. The Hall–Kier alpha value is -3.90. The van der Waals surface area contributed by atoms with Gasteiger partial charge in [-0.05, 0) is 113 Å². The summed E-state index contributed by atoms with van der Waals surface area (Å²) in [7, 11) is 0. The molecule has 0 bridgehead atoms. The fourth-order valence-electron chi connectivity index (χ4n) is 4.94. The summed E-state index contributed by atoms with van der Waals surface area (Å²) in [6.07, 6.45) is 0. The first-order valence-electron chi connectivity index (χ1n) is 10.4. The van der Waals surface area contributed by atoms with Gasteiger partial charge in [0.2, 0.25) is 0 Å². The Kier molecular flexibility index (Phi) is 3.09. The van der Waals surface area contributed by atoms with Crippen LogP contribution in [0.25, 0.3) is 64.6 Å². The summed E-state index contributed by atoms with van der Waals surface area (Å²) >= 11 is 0. The Labute approximate surface area is 174 Å². The summed E-state index contributed by atoms with van der Waals surface area (Å²) in [4.78, 5) is 0. The van der Waals surface area contributed by atoms with Crippen LogP contribution in [-0.2, 0) is 0 Å². The average Bonchev–Trinajstić information content (AvgIpc) is 2.79. The van der Waals surface area contributed by atoms with Gasteiger partial charge in [-0.2, -0.15) is 0 Å². The SMILES string of the molecule is c1ccc2cc3cc4c(ccc5cc6cc7ccccc7cc6cc54)cc3cc2c1. The quantitative estimate of drug-likeness (QED) is 0.183. The van der Waals surface area contributed by atoms with Crippen molar-refractivity contribution >= 4 is 64.6 Å². The van der Waals surface area contributed by atoms with E-state index in [0.29, 0.717) is 0 Å². The molecule has 0 heteroatoms. The molecule has 0 N–H and O–H groups in total. The van der Waals surface area contributed by atoms with E-state index in [9.17, 15) is 0 Å². The first-order valence-corrected chi connectivity index (χ1v) is 10.4. The molecule has 0 saturated carbocycles. The summed E-state index contributed by atoms with van der Waals surface area (Å²) in [5, 5.41) is 15.6. The Morgan fingerprint density at radius 2 is 0.533 bits per heavy atom. The lowest BCUT2D eigenvalue weighted by molar-refractivity contribution is 1.78. The van der Waals surface area contributed by atoms with Crippen LogP contribution in [0.2, 0.25) is 0 Å². The first-order chi connectivity index (χ1) is 14.8. The van der Waals surface area contributed by atoms with Gasteiger partial charge >= 0.3 is 0 Å². The van der Waals surface area contributed by atoms with Crippen molar-refractivity contribution in [3.8, 4) is 0 Å². The molecule has 7 aromatic rings. The van der Waals surface area contributed by atoms with E-state index in [0.717, 1.165) is 0 Å². The van der Waals surface area contributed by atoms with E-state index >= 15 is 0 Å². The van der Waals surface area contributed by atoms with Crippen LogP contribution in [0.3, 0.4) is 0 Å². The minimum absolute atomic E-state index is 1.29. The molecule has 0 aliphatic rings. The van der Waals surface area contributed by atoms with Gasteiger partial charge in [-0.15, -0.1) is 0 Å². The molecule has 7 rings (SSSR count). The summed E-state index contributed by atoms with van der Waals surface area (Å²) in [5.74, 6) is 0. The van der Waals surface area contributed by atoms with Crippen LogP contribution in [-0.4, -0.2) is 0 Å². The van der Waals surface area contributed by atoms with E-state index in [-0.39, 0.29) is 0 Å². The van der Waals surface area contributed by atoms with Gasteiger partial charge < -0.3 is 0 Å². The monoisotopic (exact) mass is 378 g/mol. The zero-order valence-electron chi connectivity index (χ0n) is 16.4. The first kappa shape index (κ1) is 16.0. The molecule has 0 amide bonds. The van der Waals surface area contributed by atoms with Crippen molar-refractivity contribution in [3.63, 3.8) is 0 Å². The third kappa shape index (κ3) is 2.28. The Balaban J connectivity index is 1.60. The molecule has 0 radical (unpaired) electrons. The second-order valence-corrected chi connectivity index (χ2v) is 8.31. The van der Waals surface area contributed by atoms with Crippen LogP contribution < -0.4 is 0 Å². The lowest BCUT2D eigenvalue weighted by Gasteiger charge is -2.10. The molecule has 0 fully saturated rings. The molecule has 7 aromatic carbocycles. The lowest BCUT2D eigenvalue weighted by atomic mass is 9.94. The molecule has 138 valence electrons. The van der Waals surface area contributed by atoms with E-state index in [1.54, 1.807) is 0 Å². The lowest BCUT2D eigenvalue weighted by Crippen LogP contribution is -1.83. The molecular weight excluding hydrogens is 360 g/mol. The van der Waals surface area contributed by atoms with Gasteiger partial charge in [0.15, 0.2) is 0 Å². The molecule has 0 aliphatic carbocycles. The third-order valence-electron chi connectivity index (χ3n) is 6.48. The molecule has 0 aliphatic heterocycles. The van der Waals surface area contributed by atoms with Crippen molar-refractivity contribution in [2.45, 2.75) is 0 Å². The topological polar surface area (TPSA) is 0 Å². The van der Waals surface area contributed by atoms with Gasteiger partial charge in [0.1, 0.15) is 0 Å². The Morgan fingerprint density at radius 1 is 0.233 bits per heavy atom. The zero-order valence-corrected chi connectivity index (χ0v) is 16.4. The highest BCUT2D eigenvalue weighted by Crippen LogP contribution is 2.34. The highest BCUT2D eigenvalue weighted by Gasteiger charge is 2.07. The van der Waals surface area contributed by atoms with Gasteiger partial charge in [0.25, 0.3) is 0 Å². The van der Waals surface area contributed by atoms with Crippen molar-refractivity contribution in [3.05, 3.63) is 109 Å². The normalized spacial score (nSPS) is 12.0. The van der Waals surface area contributed by atoms with Crippen LogP contribution in [0.5, 0.6) is 0 Å². The van der Waals surface area contributed by atoms with Gasteiger partial charge in [0.05, 0.1) is 0 Å². The number of hydrogen-bond donors (Lipinski definition) is 0. The summed E-state index contributed by atoms with van der Waals surface area (Å²) in [5.41, 5.74) is 0. The van der Waals surface area contributed by atoms with Crippen LogP contribution >= 0.6 is 0 Å². The predicted octanol–water partition coefficient (Wildman–Crippen LogP) is 8.61. The summed E-state index contributed by atoms with van der Waals surface area (Å²) < 4.78 is 0. The molecule has 0 unspecified atom stereocenters. The predicted molar refractivity (Wildman–Crippen MR) is 131 cm³/mol. The van der Waals surface area contributed by atoms with E-state index in [1.807, 2.05) is 0 Å². The molecule has 0 heterocycles. The van der Waals surface area contributed by atoms with Crippen molar-refractivity contribution in [1.82, 2.24) is 0 Å². The van der Waals surface area contributed by atoms with Crippen LogP contribution in [0.4, 0.5) is 0 Å². The Bertz CT molecular complexity index is 1650. The molecule has 0 aromatic heterocycles. The fraction of sp³-hybridized carbons (Fsp3) is 0. The van der Waals surface area contributed by atoms with Crippen LogP contribution in [0, 0.1) is 0 Å². The van der Waals surface area contributed by atoms with Gasteiger partial charge in [-0.1, -0.05) is 60.7 Å². The second kappa shape index (κ2) is 5.81. The van der Waals surface area contributed by atoms with E-state index < -0.39 is 0 Å². The molecule has 30 heavy (non-hydrogen) atoms. The van der Waals surface area contributed by atoms with Crippen molar-refractivity contribution in [2.24, 2.45) is 0 Å². The zero-order chi connectivity index (χ0) is 19.7. The molecule has 0 atom stereocenters. The summed E-state index contributed by atoms with van der Waals surface area (Å²) in [6.45, 7) is 0. The van der Waals surface area contributed by atoms with Crippen LogP contribution in [0.15, 0.2) is 109 Å². The maximum absolute atomic E-state index is 2.37. The number of hydrogen-bond acceptors (Lipinski definition) is 0. The minimum atomic E-state index is 1.29. The summed E-state index contributed by atoms with van der Waals surface area (Å²) in [6, 6.07) is 40.4. The molecular formula is C30H18. The number of benzene rings is 7. The standard InChI is InChI=1S/C30H18/c1-3-7-21-13-27-17-29-23(15-25(27)11-19(21)5-1)9-10-24-16-26-12-20-6-2-4-8-22(20)14-28(26)18-30(24)29/h1-18H. The third-order valence-corrected chi connectivity index (χ3v) is 6.48. The van der Waals surface area contributed by atoms with E-state index in [2.05, 4.69) is 109 Å². The minimum Gasteiger partial charge on any atom is -0.0616 e. The highest BCUT2D eigenvalue weighted by atomic mass is 14.1. The maximum Gasteiger partial charge on any atom is -0.00988 e. The average molecular weight is 378 g/mol. The highest BCUT2D eigenvalue weighted by molar-refractivity contribution is 6.17. The smallest absolute Gasteiger partial charge is 0.00988 e. The molecule has 0 nitrogen and oxygen atoms in total. The van der Waals surface area contributed by atoms with E-state index in [1.165, 1.54) is 64.6 Å². The van der Waals surface area contributed by atoms with Gasteiger partial charge in [-0.25, -0.2) is 0 Å². The largest absolute Gasteiger partial charge is 0.0616 e. The fourth-order valence-corrected chi connectivity index (χ4v) is 4.94. The number of rotatable bonds is 0. The van der Waals surface area contributed by atoms with Crippen LogP contribution in [0.1, 0.15) is 0 Å². The van der Waals surface area contributed by atoms with E-state index in [4.69, 9.17) is 0 Å². The van der Waals surface area contributed by atoms with Crippen molar-refractivity contribution in [2.75, 3.05) is 0 Å². The van der Waals surface area contributed by atoms with Crippen molar-refractivity contribution in [1.29, 1.82) is 0 Å². The maximum atomic E-state index is 2.37. The second-order valence-electron chi connectivity index (χ2n) is 8.31. The van der Waals surface area contributed by atoms with Crippen molar-refractivity contribution < 1.29 is 0 Å². The van der Waals surface area contributed by atoms with Gasteiger partial charge in [0, 0.05) is 0 Å². The Morgan fingerprint density at radius 3 is 0.900 bits per heavy atom. The van der Waals surface area contributed by atoms with Gasteiger partial charge in [-0.3, -0.25) is 0 Å². The molecule has 0 saturated heterocycles. The number of fused-ring (bicyclic) bond motifs is 7.